The van der Waals surface area contributed by atoms with Crippen molar-refractivity contribution in [2.45, 2.75) is 19.0 Å². The molecular formula is C29H23N5O6. The third kappa shape index (κ3) is 5.48. The van der Waals surface area contributed by atoms with Crippen LogP contribution in [-0.2, 0) is 13.1 Å². The molecule has 3 aromatic carbocycles. The van der Waals surface area contributed by atoms with Gasteiger partial charge in [0.15, 0.2) is 0 Å². The molecule has 11 heteroatoms. The number of nitro groups is 1. The summed E-state index contributed by atoms with van der Waals surface area (Å²) in [7, 11) is 0. The van der Waals surface area contributed by atoms with Crippen molar-refractivity contribution in [3.8, 4) is 0 Å². The SMILES string of the molecule is O=c1[nH]c(=O)n(Cc2ccccc2)cc1C(c1cccc([N+](=O)[O-])c1)c1cn(Cc2ccccc2)c(=O)[nH]c1=O. The number of H-pyrrole nitrogens is 2. The second-order valence-corrected chi connectivity index (χ2v) is 9.20. The highest BCUT2D eigenvalue weighted by molar-refractivity contribution is 5.45. The lowest BCUT2D eigenvalue weighted by molar-refractivity contribution is -0.384. The minimum absolute atomic E-state index is 0.00596. The number of non-ortho nitro benzene ring substituents is 1. The van der Waals surface area contributed by atoms with Gasteiger partial charge in [-0.15, -0.1) is 0 Å². The summed E-state index contributed by atoms with van der Waals surface area (Å²) >= 11 is 0. The minimum atomic E-state index is -1.14. The number of nitro benzene ring substituents is 1. The zero-order chi connectivity index (χ0) is 28.2. The molecule has 0 bridgehead atoms. The molecule has 5 rings (SSSR count). The first-order valence-corrected chi connectivity index (χ1v) is 12.3. The molecule has 0 aliphatic carbocycles. The quantitative estimate of drug-likeness (QED) is 0.229. The van der Waals surface area contributed by atoms with E-state index in [0.717, 1.165) is 11.1 Å². The van der Waals surface area contributed by atoms with E-state index in [1.165, 1.54) is 39.7 Å². The summed E-state index contributed by atoms with van der Waals surface area (Å²) in [6.45, 7) is 0.268. The van der Waals surface area contributed by atoms with Crippen LogP contribution in [0.2, 0.25) is 0 Å². The zero-order valence-corrected chi connectivity index (χ0v) is 21.0. The molecule has 0 spiro atoms. The van der Waals surface area contributed by atoms with Crippen molar-refractivity contribution in [2.24, 2.45) is 0 Å². The molecular weight excluding hydrogens is 514 g/mol. The maximum absolute atomic E-state index is 13.2. The first-order valence-electron chi connectivity index (χ1n) is 12.3. The Hall–Kier alpha value is -5.58. The van der Waals surface area contributed by atoms with Gasteiger partial charge in [0.25, 0.3) is 16.8 Å². The largest absolute Gasteiger partial charge is 0.328 e. The molecule has 2 N–H and O–H groups in total. The lowest BCUT2D eigenvalue weighted by Gasteiger charge is -2.19. The Kier molecular flexibility index (Phi) is 7.18. The van der Waals surface area contributed by atoms with Crippen LogP contribution in [0.15, 0.2) is 117 Å². The van der Waals surface area contributed by atoms with Crippen LogP contribution in [0.5, 0.6) is 0 Å². The molecule has 2 heterocycles. The Morgan fingerprint density at radius 1 is 0.675 bits per heavy atom. The molecule has 2 aromatic heterocycles. The highest BCUT2D eigenvalue weighted by atomic mass is 16.6. The Morgan fingerprint density at radius 2 is 1.15 bits per heavy atom. The summed E-state index contributed by atoms with van der Waals surface area (Å²) in [6, 6.07) is 23.8. The molecule has 0 saturated carbocycles. The van der Waals surface area contributed by atoms with Gasteiger partial charge in [-0.3, -0.25) is 38.8 Å². The van der Waals surface area contributed by atoms with Gasteiger partial charge in [-0.25, -0.2) is 9.59 Å². The van der Waals surface area contributed by atoms with Crippen molar-refractivity contribution in [1.82, 2.24) is 19.1 Å². The van der Waals surface area contributed by atoms with Crippen molar-refractivity contribution in [1.29, 1.82) is 0 Å². The van der Waals surface area contributed by atoms with Crippen LogP contribution >= 0.6 is 0 Å². The topological polar surface area (TPSA) is 153 Å². The molecule has 0 saturated heterocycles. The van der Waals surface area contributed by atoms with Crippen LogP contribution in [-0.4, -0.2) is 24.0 Å². The van der Waals surface area contributed by atoms with Crippen LogP contribution in [0.1, 0.15) is 33.7 Å². The number of hydrogen-bond donors (Lipinski definition) is 2. The van der Waals surface area contributed by atoms with E-state index in [1.54, 1.807) is 6.07 Å². The average Bonchev–Trinajstić information content (AvgIpc) is 2.95. The molecule has 0 aliphatic heterocycles. The van der Waals surface area contributed by atoms with Gasteiger partial charge in [0.1, 0.15) is 0 Å². The van der Waals surface area contributed by atoms with Crippen LogP contribution in [0.4, 0.5) is 5.69 Å². The monoisotopic (exact) mass is 537 g/mol. The Labute approximate surface area is 225 Å². The van der Waals surface area contributed by atoms with Crippen molar-refractivity contribution in [3.63, 3.8) is 0 Å². The van der Waals surface area contributed by atoms with Gasteiger partial charge < -0.3 is 0 Å². The molecule has 11 nitrogen and oxygen atoms in total. The van der Waals surface area contributed by atoms with Crippen LogP contribution < -0.4 is 22.5 Å². The summed E-state index contributed by atoms with van der Waals surface area (Å²) in [5, 5.41) is 11.6. The van der Waals surface area contributed by atoms with Gasteiger partial charge in [-0.1, -0.05) is 72.8 Å². The molecule has 40 heavy (non-hydrogen) atoms. The van der Waals surface area contributed by atoms with Crippen molar-refractivity contribution in [2.75, 3.05) is 0 Å². The summed E-state index contributed by atoms with van der Waals surface area (Å²) in [5.41, 5.74) is -1.20. The molecule has 0 amide bonds. The smallest absolute Gasteiger partial charge is 0.296 e. The van der Waals surface area contributed by atoms with E-state index in [2.05, 4.69) is 9.97 Å². The molecule has 0 radical (unpaired) electrons. The first-order chi connectivity index (χ1) is 19.3. The van der Waals surface area contributed by atoms with Gasteiger partial charge in [-0.2, -0.15) is 0 Å². The third-order valence-corrected chi connectivity index (χ3v) is 6.50. The van der Waals surface area contributed by atoms with Gasteiger partial charge >= 0.3 is 11.4 Å². The van der Waals surface area contributed by atoms with Crippen molar-refractivity contribution >= 4 is 5.69 Å². The number of benzene rings is 3. The standard InChI is InChI=1S/C29H23N5O6/c35-26-23(17-32(28(37)30-26)15-19-8-3-1-4-9-19)25(21-12-7-13-22(14-21)34(39)40)24-18-33(29(38)31-27(24)36)16-20-10-5-2-6-11-20/h1-14,17-18,25H,15-16H2,(H,30,35,37)(H,31,36,38). The number of nitrogens with one attached hydrogen (secondary N) is 2. The number of nitrogens with zero attached hydrogens (tertiary/aromatic N) is 3. The Balaban J connectivity index is 1.72. The van der Waals surface area contributed by atoms with Crippen LogP contribution in [0, 0.1) is 10.1 Å². The number of aromatic nitrogens is 4. The molecule has 5 aromatic rings. The third-order valence-electron chi connectivity index (χ3n) is 6.50. The fourth-order valence-corrected chi connectivity index (χ4v) is 4.60. The average molecular weight is 538 g/mol. The lowest BCUT2D eigenvalue weighted by Crippen LogP contribution is -2.37. The van der Waals surface area contributed by atoms with E-state index in [0.29, 0.717) is 0 Å². The minimum Gasteiger partial charge on any atom is -0.296 e. The normalized spacial score (nSPS) is 11.0. The molecule has 0 unspecified atom stereocenters. The highest BCUT2D eigenvalue weighted by Crippen LogP contribution is 2.30. The van der Waals surface area contributed by atoms with Gasteiger partial charge in [0.05, 0.1) is 18.0 Å². The number of hydrogen-bond acceptors (Lipinski definition) is 6. The number of rotatable bonds is 8. The summed E-state index contributed by atoms with van der Waals surface area (Å²) in [4.78, 5) is 67.5. The molecule has 0 fully saturated rings. The summed E-state index contributed by atoms with van der Waals surface area (Å²) in [6.07, 6.45) is 2.70. The fourth-order valence-electron chi connectivity index (χ4n) is 4.60. The second-order valence-electron chi connectivity index (χ2n) is 9.20. The van der Waals surface area contributed by atoms with E-state index >= 15 is 0 Å². The summed E-state index contributed by atoms with van der Waals surface area (Å²) < 4.78 is 2.59. The fraction of sp³-hybridized carbons (Fsp3) is 0.103. The van der Waals surface area contributed by atoms with E-state index in [4.69, 9.17) is 0 Å². The molecule has 200 valence electrons. The van der Waals surface area contributed by atoms with Crippen LogP contribution in [0.3, 0.4) is 0 Å². The second kappa shape index (κ2) is 11.0. The van der Waals surface area contributed by atoms with E-state index in [-0.39, 0.29) is 35.5 Å². The number of aromatic amines is 2. The summed E-state index contributed by atoms with van der Waals surface area (Å²) in [5.74, 6) is -1.14. The predicted molar refractivity (Wildman–Crippen MR) is 148 cm³/mol. The van der Waals surface area contributed by atoms with Crippen LogP contribution in [0.25, 0.3) is 0 Å². The maximum atomic E-state index is 13.2. The lowest BCUT2D eigenvalue weighted by atomic mass is 9.87. The first kappa shape index (κ1) is 26.0. The molecule has 0 atom stereocenters. The zero-order valence-electron chi connectivity index (χ0n) is 21.0. The van der Waals surface area contributed by atoms with Gasteiger partial charge in [0.2, 0.25) is 0 Å². The van der Waals surface area contributed by atoms with Crippen molar-refractivity contribution < 1.29 is 4.92 Å². The van der Waals surface area contributed by atoms with E-state index in [1.807, 2.05) is 60.7 Å². The molecule has 0 aliphatic rings. The predicted octanol–water partition coefficient (Wildman–Crippen LogP) is 2.57. The van der Waals surface area contributed by atoms with Crippen molar-refractivity contribution in [3.05, 3.63) is 177 Å². The maximum Gasteiger partial charge on any atom is 0.328 e. The van der Waals surface area contributed by atoms with Gasteiger partial charge in [-0.05, 0) is 16.7 Å². The Morgan fingerprint density at radius 3 is 1.60 bits per heavy atom. The van der Waals surface area contributed by atoms with E-state index in [9.17, 15) is 29.3 Å². The highest BCUT2D eigenvalue weighted by Gasteiger charge is 2.26. The van der Waals surface area contributed by atoms with Gasteiger partial charge in [0, 0.05) is 41.6 Å². The van der Waals surface area contributed by atoms with E-state index < -0.39 is 33.3 Å². The Bertz CT molecular complexity index is 1810.